The van der Waals surface area contributed by atoms with E-state index < -0.39 is 23.8 Å². The van der Waals surface area contributed by atoms with Gasteiger partial charge in [0.25, 0.3) is 0 Å². The molecule has 0 spiro atoms. The van der Waals surface area contributed by atoms with E-state index in [1.807, 2.05) is 24.3 Å². The standard InChI is InChI=1S/C27H26FN5O7/c1-4-38-25(34)22-23(26(35)39-5-2)32-33-24(22)31-27(36)30-19-12-21(20(37-3)11-18(19)28)40-14-16-8-6-7-15-9-10-29-13-17(15)16/h6-13H,4-5,14H2,1-3H3,(H3,30,31,32,33,36). The molecule has 2 heterocycles. The number of carbonyl (C=O) groups excluding carboxylic acids is 3. The average molecular weight is 552 g/mol. The Morgan fingerprint density at radius 3 is 2.52 bits per heavy atom. The van der Waals surface area contributed by atoms with Crippen LogP contribution < -0.4 is 20.1 Å². The number of H-pyrrole nitrogens is 1. The van der Waals surface area contributed by atoms with Gasteiger partial charge in [0.05, 0.1) is 26.0 Å². The molecule has 0 aliphatic heterocycles. The molecule has 4 aromatic rings. The number of aromatic amines is 1. The Labute approximate surface area is 227 Å². The Bertz CT molecular complexity index is 1550. The number of amides is 2. The minimum Gasteiger partial charge on any atom is -0.493 e. The quantitative estimate of drug-likeness (QED) is 0.238. The number of nitrogens with one attached hydrogen (secondary N) is 3. The maximum absolute atomic E-state index is 14.8. The number of anilines is 2. The van der Waals surface area contributed by atoms with Crippen LogP contribution in [0.1, 0.15) is 40.3 Å². The molecule has 12 nitrogen and oxygen atoms in total. The number of benzene rings is 2. The molecule has 40 heavy (non-hydrogen) atoms. The number of esters is 2. The highest BCUT2D eigenvalue weighted by Crippen LogP contribution is 2.34. The first-order valence-corrected chi connectivity index (χ1v) is 12.2. The van der Waals surface area contributed by atoms with Gasteiger partial charge >= 0.3 is 18.0 Å². The molecule has 0 saturated heterocycles. The van der Waals surface area contributed by atoms with Gasteiger partial charge in [0.15, 0.2) is 23.0 Å². The first kappa shape index (κ1) is 27.8. The highest BCUT2D eigenvalue weighted by atomic mass is 19.1. The van der Waals surface area contributed by atoms with Crippen molar-refractivity contribution >= 4 is 40.2 Å². The zero-order valence-corrected chi connectivity index (χ0v) is 21.9. The molecule has 0 saturated carbocycles. The van der Waals surface area contributed by atoms with Gasteiger partial charge in [-0.3, -0.25) is 15.4 Å². The van der Waals surface area contributed by atoms with E-state index in [0.717, 1.165) is 22.4 Å². The van der Waals surface area contributed by atoms with Gasteiger partial charge in [-0.15, -0.1) is 0 Å². The fourth-order valence-corrected chi connectivity index (χ4v) is 3.81. The molecule has 2 amide bonds. The van der Waals surface area contributed by atoms with Crippen LogP contribution >= 0.6 is 0 Å². The first-order valence-electron chi connectivity index (χ1n) is 12.2. The molecule has 0 bridgehead atoms. The van der Waals surface area contributed by atoms with Crippen molar-refractivity contribution in [2.75, 3.05) is 31.0 Å². The van der Waals surface area contributed by atoms with Crippen molar-refractivity contribution < 1.29 is 37.7 Å². The fourth-order valence-electron chi connectivity index (χ4n) is 3.81. The van der Waals surface area contributed by atoms with Crippen molar-refractivity contribution in [3.63, 3.8) is 0 Å². The lowest BCUT2D eigenvalue weighted by atomic mass is 10.1. The third-order valence-corrected chi connectivity index (χ3v) is 5.61. The van der Waals surface area contributed by atoms with Crippen molar-refractivity contribution in [1.29, 1.82) is 0 Å². The Hall–Kier alpha value is -5.20. The molecule has 0 radical (unpaired) electrons. The molecule has 0 atom stereocenters. The van der Waals surface area contributed by atoms with Gasteiger partial charge in [0.1, 0.15) is 18.0 Å². The van der Waals surface area contributed by atoms with E-state index in [-0.39, 0.29) is 54.1 Å². The van der Waals surface area contributed by atoms with Crippen molar-refractivity contribution in [2.45, 2.75) is 20.5 Å². The second kappa shape index (κ2) is 12.6. The van der Waals surface area contributed by atoms with Crippen LogP contribution in [-0.2, 0) is 16.1 Å². The highest BCUT2D eigenvalue weighted by molar-refractivity contribution is 6.09. The lowest BCUT2D eigenvalue weighted by Gasteiger charge is -2.15. The van der Waals surface area contributed by atoms with Crippen molar-refractivity contribution in [2.24, 2.45) is 0 Å². The first-order chi connectivity index (χ1) is 19.4. The summed E-state index contributed by atoms with van der Waals surface area (Å²) >= 11 is 0. The summed E-state index contributed by atoms with van der Waals surface area (Å²) in [6.45, 7) is 3.32. The van der Waals surface area contributed by atoms with Gasteiger partial charge in [-0.1, -0.05) is 18.2 Å². The fraction of sp³-hybridized carbons (Fsp3) is 0.222. The van der Waals surface area contributed by atoms with Crippen LogP contribution in [0.4, 0.5) is 20.7 Å². The van der Waals surface area contributed by atoms with E-state index >= 15 is 0 Å². The van der Waals surface area contributed by atoms with Gasteiger partial charge in [-0.2, -0.15) is 5.10 Å². The molecule has 3 N–H and O–H groups in total. The summed E-state index contributed by atoms with van der Waals surface area (Å²) in [5, 5.41) is 12.7. The van der Waals surface area contributed by atoms with E-state index in [1.165, 1.54) is 13.2 Å². The van der Waals surface area contributed by atoms with Crippen molar-refractivity contribution in [3.05, 3.63) is 71.4 Å². The second-order valence-corrected chi connectivity index (χ2v) is 8.13. The molecule has 0 aliphatic carbocycles. The number of rotatable bonds is 10. The van der Waals surface area contributed by atoms with E-state index in [1.54, 1.807) is 26.2 Å². The maximum Gasteiger partial charge on any atom is 0.359 e. The average Bonchev–Trinajstić information content (AvgIpc) is 3.37. The lowest BCUT2D eigenvalue weighted by Crippen LogP contribution is -2.22. The van der Waals surface area contributed by atoms with Gasteiger partial charge in [0, 0.05) is 29.9 Å². The van der Waals surface area contributed by atoms with E-state index in [2.05, 4.69) is 25.8 Å². The summed E-state index contributed by atoms with van der Waals surface area (Å²) in [4.78, 5) is 41.6. The van der Waals surface area contributed by atoms with E-state index in [9.17, 15) is 18.8 Å². The van der Waals surface area contributed by atoms with Crippen molar-refractivity contribution in [3.8, 4) is 11.5 Å². The van der Waals surface area contributed by atoms with Gasteiger partial charge < -0.3 is 24.3 Å². The number of aromatic nitrogens is 3. The molecule has 2 aromatic heterocycles. The third kappa shape index (κ3) is 6.09. The number of hydrogen-bond acceptors (Lipinski definition) is 9. The number of methoxy groups -OCH3 is 1. The molecule has 208 valence electrons. The zero-order valence-electron chi connectivity index (χ0n) is 21.9. The molecule has 0 aliphatic rings. The monoisotopic (exact) mass is 551 g/mol. The maximum atomic E-state index is 14.8. The second-order valence-electron chi connectivity index (χ2n) is 8.13. The van der Waals surface area contributed by atoms with Gasteiger partial charge in [0.2, 0.25) is 0 Å². The Kier molecular flexibility index (Phi) is 8.74. The third-order valence-electron chi connectivity index (χ3n) is 5.61. The van der Waals surface area contributed by atoms with E-state index in [0.29, 0.717) is 0 Å². The zero-order chi connectivity index (χ0) is 28.6. The molecule has 13 heteroatoms. The summed E-state index contributed by atoms with van der Waals surface area (Å²) in [6.07, 6.45) is 3.41. The minimum atomic E-state index is -0.945. The molecule has 0 unspecified atom stereocenters. The van der Waals surface area contributed by atoms with Crippen LogP contribution in [0.5, 0.6) is 11.5 Å². The highest BCUT2D eigenvalue weighted by Gasteiger charge is 2.28. The van der Waals surface area contributed by atoms with Gasteiger partial charge in [-0.05, 0) is 30.9 Å². The molecular formula is C27H26FN5O7. The Morgan fingerprint density at radius 1 is 1.00 bits per heavy atom. The molecule has 2 aromatic carbocycles. The summed E-state index contributed by atoms with van der Waals surface area (Å²) in [6, 6.07) is 8.97. The normalized spacial score (nSPS) is 10.6. The van der Waals surface area contributed by atoms with Crippen LogP contribution in [0.2, 0.25) is 0 Å². The lowest BCUT2D eigenvalue weighted by molar-refractivity contribution is 0.0476. The van der Waals surface area contributed by atoms with Crippen LogP contribution in [0.25, 0.3) is 10.8 Å². The SMILES string of the molecule is CCOC(=O)c1n[nH]c(NC(=O)Nc2cc(OCc3cccc4ccncc34)c(OC)cc2F)c1C(=O)OCC. The summed E-state index contributed by atoms with van der Waals surface area (Å²) < 4.78 is 35.9. The largest absolute Gasteiger partial charge is 0.493 e. The summed E-state index contributed by atoms with van der Waals surface area (Å²) in [7, 11) is 1.36. The van der Waals surface area contributed by atoms with Crippen molar-refractivity contribution in [1.82, 2.24) is 15.2 Å². The smallest absolute Gasteiger partial charge is 0.359 e. The number of nitrogens with zero attached hydrogens (tertiary/aromatic N) is 2. The number of halogens is 1. The number of carbonyl (C=O) groups is 3. The van der Waals surface area contributed by atoms with Crippen LogP contribution in [0, 0.1) is 5.82 Å². The van der Waals surface area contributed by atoms with Crippen LogP contribution in [0.3, 0.4) is 0 Å². The van der Waals surface area contributed by atoms with Gasteiger partial charge in [-0.25, -0.2) is 18.8 Å². The summed E-state index contributed by atoms with van der Waals surface area (Å²) in [5.41, 5.74) is -0.104. The number of fused-ring (bicyclic) bond motifs is 1. The number of pyridine rings is 1. The van der Waals surface area contributed by atoms with E-state index in [4.69, 9.17) is 18.9 Å². The Morgan fingerprint density at radius 2 is 1.77 bits per heavy atom. The topological polar surface area (TPSA) is 154 Å². The minimum absolute atomic E-state index is 0.00698. The molecule has 4 rings (SSSR count). The predicted molar refractivity (Wildman–Crippen MR) is 142 cm³/mol. The van der Waals surface area contributed by atoms with Crippen LogP contribution in [0.15, 0.2) is 48.8 Å². The molecular weight excluding hydrogens is 525 g/mol. The molecule has 0 fully saturated rings. The summed E-state index contributed by atoms with van der Waals surface area (Å²) in [5.74, 6) is -2.58. The Balaban J connectivity index is 1.55. The predicted octanol–water partition coefficient (Wildman–Crippen LogP) is 4.68. The van der Waals surface area contributed by atoms with Crippen LogP contribution in [-0.4, -0.2) is 53.5 Å². The number of ether oxygens (including phenoxy) is 4. The number of hydrogen-bond donors (Lipinski definition) is 3. The number of urea groups is 1.